The maximum atomic E-state index is 2.59. The monoisotopic (exact) mass is 312 g/mol. The zero-order chi connectivity index (χ0) is 15.0. The maximum absolute atomic E-state index is 2.59. The predicted molar refractivity (Wildman–Crippen MR) is 96.4 cm³/mol. The molecule has 116 valence electrons. The fourth-order valence-corrected chi connectivity index (χ4v) is 3.52. The van der Waals surface area contributed by atoms with Crippen LogP contribution >= 0.6 is 11.3 Å². The second-order valence-corrected chi connectivity index (χ2v) is 6.82. The summed E-state index contributed by atoms with van der Waals surface area (Å²) in [5.41, 5.74) is 1.29. The van der Waals surface area contributed by atoms with Crippen molar-refractivity contribution in [3.05, 3.63) is 64.4 Å². The van der Waals surface area contributed by atoms with Crippen molar-refractivity contribution < 1.29 is 0 Å². The second kappa shape index (κ2) is 8.28. The number of thiophene rings is 1. The lowest BCUT2D eigenvalue weighted by Gasteiger charge is -2.34. The van der Waals surface area contributed by atoms with Crippen LogP contribution in [0.4, 0.5) is 0 Å². The molecule has 2 aromatic rings. The Bertz CT molecular complexity index is 554. The second-order valence-electron chi connectivity index (χ2n) is 5.78. The molecule has 1 aliphatic rings. The smallest absolute Gasteiger partial charge is 0.0167 e. The van der Waals surface area contributed by atoms with Gasteiger partial charge in [-0.2, -0.15) is 0 Å². The van der Waals surface area contributed by atoms with Gasteiger partial charge >= 0.3 is 0 Å². The zero-order valence-electron chi connectivity index (χ0n) is 13.0. The molecular weight excluding hydrogens is 288 g/mol. The summed E-state index contributed by atoms with van der Waals surface area (Å²) < 4.78 is 0. The molecule has 0 N–H and O–H groups in total. The van der Waals surface area contributed by atoms with Gasteiger partial charge in [-0.15, -0.1) is 11.3 Å². The SMILES string of the molecule is C(=Cc1ccccc1)CN1CCN(CCc2cccs2)CC1. The average Bonchev–Trinajstić information content (AvgIpc) is 3.09. The zero-order valence-corrected chi connectivity index (χ0v) is 13.8. The highest BCUT2D eigenvalue weighted by molar-refractivity contribution is 7.09. The van der Waals surface area contributed by atoms with E-state index in [1.807, 2.05) is 11.3 Å². The minimum Gasteiger partial charge on any atom is -0.300 e. The Morgan fingerprint density at radius 1 is 0.909 bits per heavy atom. The molecule has 1 saturated heterocycles. The summed E-state index contributed by atoms with van der Waals surface area (Å²) in [7, 11) is 0. The molecule has 2 heterocycles. The topological polar surface area (TPSA) is 6.48 Å². The number of nitrogens with zero attached hydrogens (tertiary/aromatic N) is 2. The molecule has 2 nitrogen and oxygen atoms in total. The molecule has 0 saturated carbocycles. The van der Waals surface area contributed by atoms with Crippen LogP contribution in [-0.2, 0) is 6.42 Å². The fourth-order valence-electron chi connectivity index (χ4n) is 2.82. The first-order valence-corrected chi connectivity index (χ1v) is 8.97. The molecule has 1 fully saturated rings. The molecule has 3 heteroatoms. The van der Waals surface area contributed by atoms with Crippen molar-refractivity contribution in [2.24, 2.45) is 0 Å². The van der Waals surface area contributed by atoms with Crippen molar-refractivity contribution in [2.45, 2.75) is 6.42 Å². The van der Waals surface area contributed by atoms with Crippen molar-refractivity contribution >= 4 is 17.4 Å². The summed E-state index contributed by atoms with van der Waals surface area (Å²) >= 11 is 1.87. The fraction of sp³-hybridized carbons (Fsp3) is 0.368. The minimum absolute atomic E-state index is 1.06. The molecule has 0 radical (unpaired) electrons. The van der Waals surface area contributed by atoms with E-state index in [2.05, 4.69) is 69.8 Å². The van der Waals surface area contributed by atoms with Crippen LogP contribution in [0.25, 0.3) is 6.08 Å². The van der Waals surface area contributed by atoms with Gasteiger partial charge in [0.2, 0.25) is 0 Å². The van der Waals surface area contributed by atoms with Crippen LogP contribution in [0.2, 0.25) is 0 Å². The quantitative estimate of drug-likeness (QED) is 0.804. The van der Waals surface area contributed by atoms with Gasteiger partial charge in [0.1, 0.15) is 0 Å². The Morgan fingerprint density at radius 2 is 1.68 bits per heavy atom. The van der Waals surface area contributed by atoms with Crippen molar-refractivity contribution in [3.63, 3.8) is 0 Å². The van der Waals surface area contributed by atoms with Crippen LogP contribution < -0.4 is 0 Å². The van der Waals surface area contributed by atoms with Crippen molar-refractivity contribution in [3.8, 4) is 0 Å². The minimum atomic E-state index is 1.06. The van der Waals surface area contributed by atoms with E-state index in [9.17, 15) is 0 Å². The molecule has 1 aromatic heterocycles. The molecule has 1 aliphatic heterocycles. The first-order valence-electron chi connectivity index (χ1n) is 8.09. The van der Waals surface area contributed by atoms with E-state index >= 15 is 0 Å². The van der Waals surface area contributed by atoms with Gasteiger partial charge < -0.3 is 4.90 Å². The summed E-state index contributed by atoms with van der Waals surface area (Å²) in [6, 6.07) is 14.9. The third-order valence-corrected chi connectivity index (χ3v) is 5.13. The Labute approximate surface area is 137 Å². The highest BCUT2D eigenvalue weighted by atomic mass is 32.1. The van der Waals surface area contributed by atoms with Crippen LogP contribution in [0.1, 0.15) is 10.4 Å². The third-order valence-electron chi connectivity index (χ3n) is 4.19. The van der Waals surface area contributed by atoms with Crippen molar-refractivity contribution in [1.29, 1.82) is 0 Å². The van der Waals surface area contributed by atoms with Crippen LogP contribution in [0, 0.1) is 0 Å². The van der Waals surface area contributed by atoms with E-state index in [4.69, 9.17) is 0 Å². The van der Waals surface area contributed by atoms with Crippen LogP contribution in [0.5, 0.6) is 0 Å². The lowest BCUT2D eigenvalue weighted by molar-refractivity contribution is 0.144. The number of hydrogen-bond acceptors (Lipinski definition) is 3. The summed E-state index contributed by atoms with van der Waals surface area (Å²) in [4.78, 5) is 6.64. The number of piperazine rings is 1. The van der Waals surface area contributed by atoms with E-state index in [1.54, 1.807) is 0 Å². The molecule has 0 aliphatic carbocycles. The van der Waals surface area contributed by atoms with E-state index < -0.39 is 0 Å². The lowest BCUT2D eigenvalue weighted by atomic mass is 10.2. The summed E-state index contributed by atoms with van der Waals surface area (Å²) in [6.07, 6.45) is 5.71. The Morgan fingerprint density at radius 3 is 2.41 bits per heavy atom. The van der Waals surface area contributed by atoms with Gasteiger partial charge in [-0.25, -0.2) is 0 Å². The molecule has 0 spiro atoms. The van der Waals surface area contributed by atoms with E-state index in [0.717, 1.165) is 6.54 Å². The van der Waals surface area contributed by atoms with Gasteiger partial charge in [0.15, 0.2) is 0 Å². The van der Waals surface area contributed by atoms with Crippen LogP contribution in [0.15, 0.2) is 53.9 Å². The van der Waals surface area contributed by atoms with Gasteiger partial charge in [0.25, 0.3) is 0 Å². The highest BCUT2D eigenvalue weighted by Gasteiger charge is 2.15. The largest absolute Gasteiger partial charge is 0.300 e. The maximum Gasteiger partial charge on any atom is 0.0167 e. The summed E-state index contributed by atoms with van der Waals surface area (Å²) in [5, 5.41) is 2.17. The van der Waals surface area contributed by atoms with Gasteiger partial charge in [-0.05, 0) is 23.4 Å². The normalized spacial score (nSPS) is 17.3. The number of hydrogen-bond donors (Lipinski definition) is 0. The number of rotatable bonds is 6. The first kappa shape index (κ1) is 15.5. The Kier molecular flexibility index (Phi) is 5.82. The highest BCUT2D eigenvalue weighted by Crippen LogP contribution is 2.11. The molecule has 0 unspecified atom stereocenters. The molecular formula is C19H24N2S. The molecule has 0 bridgehead atoms. The predicted octanol–water partition coefficient (Wildman–Crippen LogP) is 3.62. The van der Waals surface area contributed by atoms with Gasteiger partial charge in [-0.3, -0.25) is 4.90 Å². The molecule has 3 rings (SSSR count). The molecule has 0 amide bonds. The van der Waals surface area contributed by atoms with E-state index in [0.29, 0.717) is 0 Å². The Hall–Kier alpha value is -1.42. The standard InChI is InChI=1S/C19H24N2S/c1-2-6-18(7-3-1)8-4-11-20-13-15-21(16-14-20)12-10-19-9-5-17-22-19/h1-9,17H,10-16H2. The third kappa shape index (κ3) is 4.80. The van der Waals surface area contributed by atoms with Crippen molar-refractivity contribution in [2.75, 3.05) is 39.3 Å². The molecule has 22 heavy (non-hydrogen) atoms. The van der Waals surface area contributed by atoms with Crippen LogP contribution in [-0.4, -0.2) is 49.1 Å². The Balaban J connectivity index is 1.36. The summed E-state index contributed by atoms with van der Waals surface area (Å²) in [6.45, 7) is 7.03. The van der Waals surface area contributed by atoms with E-state index in [-0.39, 0.29) is 0 Å². The lowest BCUT2D eigenvalue weighted by Crippen LogP contribution is -2.46. The molecule has 1 aromatic carbocycles. The number of benzene rings is 1. The van der Waals surface area contributed by atoms with Gasteiger partial charge in [0.05, 0.1) is 0 Å². The first-order chi connectivity index (χ1) is 10.9. The van der Waals surface area contributed by atoms with Crippen molar-refractivity contribution in [1.82, 2.24) is 9.80 Å². The van der Waals surface area contributed by atoms with Gasteiger partial charge in [0, 0.05) is 44.1 Å². The average molecular weight is 312 g/mol. The van der Waals surface area contributed by atoms with E-state index in [1.165, 1.54) is 49.6 Å². The molecule has 0 atom stereocenters. The van der Waals surface area contributed by atoms with Gasteiger partial charge in [-0.1, -0.05) is 48.6 Å². The summed E-state index contributed by atoms with van der Waals surface area (Å²) in [5.74, 6) is 0. The van der Waals surface area contributed by atoms with Crippen LogP contribution in [0.3, 0.4) is 0 Å².